The van der Waals surface area contributed by atoms with Gasteiger partial charge in [-0.2, -0.15) is 13.2 Å². The maximum Gasteiger partial charge on any atom is 0.417 e. The molecule has 4 aliphatic rings. The van der Waals surface area contributed by atoms with E-state index < -0.39 is 23.1 Å². The molecule has 0 radical (unpaired) electrons. The third kappa shape index (κ3) is 4.82. The highest BCUT2D eigenvalue weighted by atomic mass is 19.4. The van der Waals surface area contributed by atoms with Crippen LogP contribution in [0.25, 0.3) is 0 Å². The topological polar surface area (TPSA) is 83.0 Å². The number of pyridine rings is 1. The third-order valence-corrected chi connectivity index (χ3v) is 9.32. The van der Waals surface area contributed by atoms with Gasteiger partial charge in [0.15, 0.2) is 0 Å². The van der Waals surface area contributed by atoms with Crippen molar-refractivity contribution >= 4 is 11.9 Å². The van der Waals surface area contributed by atoms with Crippen LogP contribution in [0.1, 0.15) is 70.8 Å². The van der Waals surface area contributed by atoms with E-state index in [4.69, 9.17) is 9.84 Å². The van der Waals surface area contributed by atoms with E-state index in [2.05, 4.69) is 9.88 Å². The first-order valence-corrected chi connectivity index (χ1v) is 13.7. The van der Waals surface area contributed by atoms with E-state index in [1.165, 1.54) is 0 Å². The number of hydrogen-bond donors (Lipinski definition) is 1. The molecule has 0 unspecified atom stereocenters. The number of nitrogens with zero attached hydrogens (tertiary/aromatic N) is 3. The maximum atomic E-state index is 14.0. The number of carbonyl (C=O) groups is 2. The number of carboxylic acids is 1. The number of fused-ring (bicyclic) bond motifs is 2. The third-order valence-electron chi connectivity index (χ3n) is 9.32. The summed E-state index contributed by atoms with van der Waals surface area (Å²) in [6.07, 6.45) is 0.760. The number of aromatic nitrogens is 1. The van der Waals surface area contributed by atoms with E-state index in [1.54, 1.807) is 17.0 Å². The van der Waals surface area contributed by atoms with Crippen molar-refractivity contribution in [3.8, 4) is 0 Å². The lowest BCUT2D eigenvalue weighted by Crippen LogP contribution is -2.48. The second-order valence-electron chi connectivity index (χ2n) is 11.4. The van der Waals surface area contributed by atoms with Crippen LogP contribution in [0, 0.1) is 5.41 Å². The van der Waals surface area contributed by atoms with Gasteiger partial charge in [-0.25, -0.2) is 4.79 Å². The fourth-order valence-corrected chi connectivity index (χ4v) is 7.16. The summed E-state index contributed by atoms with van der Waals surface area (Å²) >= 11 is 0. The van der Waals surface area contributed by atoms with Gasteiger partial charge in [0.2, 0.25) is 5.91 Å². The van der Waals surface area contributed by atoms with E-state index in [9.17, 15) is 22.8 Å². The molecular formula is C29H32F3N3O4. The van der Waals surface area contributed by atoms with E-state index in [1.807, 2.05) is 12.1 Å². The zero-order chi connectivity index (χ0) is 27.4. The number of amides is 1. The van der Waals surface area contributed by atoms with Crippen LogP contribution in [-0.4, -0.2) is 70.2 Å². The van der Waals surface area contributed by atoms with Gasteiger partial charge in [-0.3, -0.25) is 9.78 Å². The molecule has 3 fully saturated rings. The van der Waals surface area contributed by atoms with Gasteiger partial charge in [0, 0.05) is 44.0 Å². The van der Waals surface area contributed by atoms with Crippen molar-refractivity contribution in [2.75, 3.05) is 26.2 Å². The molecule has 39 heavy (non-hydrogen) atoms. The van der Waals surface area contributed by atoms with Gasteiger partial charge in [-0.15, -0.1) is 0 Å². The number of hydrogen-bond acceptors (Lipinski definition) is 5. The van der Waals surface area contributed by atoms with Crippen LogP contribution in [0.15, 0.2) is 36.5 Å². The van der Waals surface area contributed by atoms with Crippen LogP contribution in [0.4, 0.5) is 13.2 Å². The van der Waals surface area contributed by atoms with Crippen molar-refractivity contribution in [1.82, 2.24) is 14.8 Å². The minimum atomic E-state index is -4.47. The minimum absolute atomic E-state index is 0.00367. The molecule has 2 aromatic rings. The summed E-state index contributed by atoms with van der Waals surface area (Å²) in [5.74, 6) is -0.547. The van der Waals surface area contributed by atoms with Gasteiger partial charge in [-0.05, 0) is 80.4 Å². The normalized spacial score (nSPS) is 27.8. The second-order valence-corrected chi connectivity index (χ2v) is 11.4. The van der Waals surface area contributed by atoms with Crippen LogP contribution in [0.3, 0.4) is 0 Å². The number of carbonyl (C=O) groups excluding carboxylic acids is 1. The van der Waals surface area contributed by atoms with Crippen molar-refractivity contribution in [3.63, 3.8) is 0 Å². The van der Waals surface area contributed by atoms with Gasteiger partial charge in [-0.1, -0.05) is 12.1 Å². The smallest absolute Gasteiger partial charge is 0.417 e. The Kier molecular flexibility index (Phi) is 6.66. The lowest BCUT2D eigenvalue weighted by Gasteiger charge is -2.38. The summed E-state index contributed by atoms with van der Waals surface area (Å²) in [5.41, 5.74) is 1.15. The van der Waals surface area contributed by atoms with Crippen LogP contribution in [0.2, 0.25) is 0 Å². The minimum Gasteiger partial charge on any atom is -0.478 e. The Morgan fingerprint density at radius 3 is 2.54 bits per heavy atom. The number of halogens is 3. The average molecular weight is 544 g/mol. The maximum absolute atomic E-state index is 14.0. The Morgan fingerprint density at radius 1 is 1.10 bits per heavy atom. The molecular weight excluding hydrogens is 511 g/mol. The monoisotopic (exact) mass is 543 g/mol. The van der Waals surface area contributed by atoms with Gasteiger partial charge < -0.3 is 19.6 Å². The highest BCUT2D eigenvalue weighted by molar-refractivity contribution is 5.87. The Hall–Kier alpha value is -2.98. The molecule has 7 nitrogen and oxygen atoms in total. The number of carboxylic acid groups (broad SMARTS) is 1. The molecule has 1 amide bonds. The molecule has 1 N–H and O–H groups in total. The van der Waals surface area contributed by atoms with Gasteiger partial charge >= 0.3 is 12.1 Å². The van der Waals surface area contributed by atoms with Crippen LogP contribution >= 0.6 is 0 Å². The van der Waals surface area contributed by atoms with Crippen molar-refractivity contribution in [2.45, 2.75) is 69.3 Å². The van der Waals surface area contributed by atoms with E-state index >= 15 is 0 Å². The van der Waals surface area contributed by atoms with Crippen molar-refractivity contribution in [1.29, 1.82) is 0 Å². The standard InChI is InChI=1S/C29H32F3N3O4/c30-29(31,32)22-13-21-17-35(11-7-24(21)33-16-22)27(38)28-8-12-39-25(28)14-23(15-28)34-9-5-19(6-10-34)18-1-3-20(4-2-18)26(36)37/h1-4,13,16,19,23,25H,5-12,14-15,17H2,(H,36,37)/t23-,25-,28-/m1/s1. The molecule has 6 rings (SSSR count). The van der Waals surface area contributed by atoms with Crippen molar-refractivity contribution in [2.24, 2.45) is 5.41 Å². The number of aromatic carboxylic acids is 1. The van der Waals surface area contributed by atoms with E-state index in [0.29, 0.717) is 49.6 Å². The summed E-state index contributed by atoms with van der Waals surface area (Å²) in [5, 5.41) is 9.15. The molecule has 1 aromatic carbocycles. The van der Waals surface area contributed by atoms with Crippen LogP contribution < -0.4 is 0 Å². The summed E-state index contributed by atoms with van der Waals surface area (Å²) in [6.45, 7) is 2.93. The van der Waals surface area contributed by atoms with Crippen molar-refractivity contribution in [3.05, 3.63) is 64.5 Å². The molecule has 1 aromatic heterocycles. The quantitative estimate of drug-likeness (QED) is 0.612. The molecule has 2 saturated heterocycles. The summed E-state index contributed by atoms with van der Waals surface area (Å²) in [4.78, 5) is 33.4. The molecule has 3 atom stereocenters. The fraction of sp³-hybridized carbons (Fsp3) is 0.552. The Balaban J connectivity index is 1.12. The molecule has 0 bridgehead atoms. The van der Waals surface area contributed by atoms with Gasteiger partial charge in [0.1, 0.15) is 0 Å². The highest BCUT2D eigenvalue weighted by Gasteiger charge is 2.58. The SMILES string of the molecule is O=C(O)c1ccc(C2CCN([C@@H]3C[C@H]4OCC[C@@]4(C(=O)N4CCc5ncc(C(F)(F)F)cc5C4)C3)CC2)cc1. The number of likely N-dealkylation sites (tertiary alicyclic amines) is 1. The molecule has 4 heterocycles. The molecule has 0 spiro atoms. The summed E-state index contributed by atoms with van der Waals surface area (Å²) < 4.78 is 45.9. The van der Waals surface area contributed by atoms with Crippen LogP contribution in [-0.2, 0) is 28.7 Å². The van der Waals surface area contributed by atoms with Gasteiger partial charge in [0.05, 0.1) is 22.6 Å². The van der Waals surface area contributed by atoms with E-state index in [0.717, 1.165) is 50.2 Å². The lowest BCUT2D eigenvalue weighted by atomic mass is 9.80. The average Bonchev–Trinajstić information content (AvgIpc) is 3.50. The molecule has 1 aliphatic carbocycles. The predicted molar refractivity (Wildman–Crippen MR) is 135 cm³/mol. The first-order valence-electron chi connectivity index (χ1n) is 13.7. The highest BCUT2D eigenvalue weighted by Crippen LogP contribution is 2.51. The Labute approximate surface area is 225 Å². The first kappa shape index (κ1) is 26.3. The number of piperidine rings is 1. The van der Waals surface area contributed by atoms with Crippen molar-refractivity contribution < 1.29 is 32.6 Å². The largest absolute Gasteiger partial charge is 0.478 e. The van der Waals surface area contributed by atoms with E-state index in [-0.39, 0.29) is 30.2 Å². The second kappa shape index (κ2) is 9.89. The molecule has 3 aliphatic heterocycles. The number of alkyl halides is 3. The van der Waals surface area contributed by atoms with Crippen LogP contribution in [0.5, 0.6) is 0 Å². The number of benzene rings is 1. The zero-order valence-electron chi connectivity index (χ0n) is 21.6. The Morgan fingerprint density at radius 2 is 1.85 bits per heavy atom. The zero-order valence-corrected chi connectivity index (χ0v) is 21.6. The summed E-state index contributed by atoms with van der Waals surface area (Å²) in [7, 11) is 0. The first-order chi connectivity index (χ1) is 18.6. The van der Waals surface area contributed by atoms with Gasteiger partial charge in [0.25, 0.3) is 0 Å². The number of ether oxygens (including phenoxy) is 1. The number of rotatable bonds is 4. The molecule has 10 heteroatoms. The molecule has 208 valence electrons. The predicted octanol–water partition coefficient (Wildman–Crippen LogP) is 4.50. The lowest BCUT2D eigenvalue weighted by molar-refractivity contribution is -0.145. The summed E-state index contributed by atoms with van der Waals surface area (Å²) in [6, 6.07) is 8.51. The Bertz CT molecular complexity index is 1260. The molecule has 1 saturated carbocycles. The fourth-order valence-electron chi connectivity index (χ4n) is 7.16.